The number of unbranched alkanes of at least 4 members (excludes halogenated alkanes) is 5. The molecule has 0 saturated heterocycles. The lowest BCUT2D eigenvalue weighted by molar-refractivity contribution is -0.159. The van der Waals surface area contributed by atoms with Crippen molar-refractivity contribution in [2.75, 3.05) is 0 Å². The van der Waals surface area contributed by atoms with Crippen LogP contribution in [0.15, 0.2) is 0 Å². The summed E-state index contributed by atoms with van der Waals surface area (Å²) in [6.45, 7) is 4.25. The average Bonchev–Trinajstić information content (AvgIpc) is 2.34. The molecule has 0 aromatic carbocycles. The van der Waals surface area contributed by atoms with E-state index in [1.807, 2.05) is 0 Å². The molecule has 3 nitrogen and oxygen atoms in total. The highest BCUT2D eigenvalue weighted by molar-refractivity contribution is 14.1. The maximum Gasteiger partial charge on any atom is 0.326 e. The second kappa shape index (κ2) is 11.9. The van der Waals surface area contributed by atoms with E-state index in [2.05, 4.69) is 36.4 Å². The first-order chi connectivity index (χ1) is 8.61. The lowest BCUT2D eigenvalue weighted by atomic mass is 10.1. The molecule has 0 aromatic heterocycles. The summed E-state index contributed by atoms with van der Waals surface area (Å²) >= 11 is 2.06. The number of rotatable bonds is 10. The molecule has 0 spiro atoms. The number of esters is 2. The Labute approximate surface area is 124 Å². The summed E-state index contributed by atoms with van der Waals surface area (Å²) in [5.74, 6) is -0.736. The number of carbonyl (C=O) groups excluding carboxylic acids is 2. The molecule has 0 heterocycles. The third-order valence-corrected chi connectivity index (χ3v) is 3.90. The third-order valence-electron chi connectivity index (χ3n) is 2.77. The van der Waals surface area contributed by atoms with Crippen LogP contribution in [0, 0.1) is 0 Å². The van der Waals surface area contributed by atoms with Crippen molar-refractivity contribution in [1.82, 2.24) is 0 Å². The second-order valence-corrected chi connectivity index (χ2v) is 6.07. The first kappa shape index (κ1) is 17.9. The van der Waals surface area contributed by atoms with Crippen molar-refractivity contribution < 1.29 is 14.3 Å². The Bertz CT molecular complexity index is 241. The van der Waals surface area contributed by atoms with Crippen LogP contribution in [0.2, 0.25) is 0 Å². The Morgan fingerprint density at radius 3 is 2.22 bits per heavy atom. The van der Waals surface area contributed by atoms with Gasteiger partial charge in [-0.1, -0.05) is 75.0 Å². The van der Waals surface area contributed by atoms with Crippen molar-refractivity contribution in [1.29, 1.82) is 0 Å². The molecule has 0 amide bonds. The predicted octanol–water partition coefficient (Wildman–Crippen LogP) is 4.41. The van der Waals surface area contributed by atoms with Gasteiger partial charge in [0.25, 0.3) is 0 Å². The molecule has 1 atom stereocenters. The van der Waals surface area contributed by atoms with Crippen molar-refractivity contribution in [2.45, 2.75) is 75.6 Å². The molecule has 106 valence electrons. The van der Waals surface area contributed by atoms with Gasteiger partial charge in [-0.05, 0) is 12.8 Å². The standard InChI is InChI=1S/C14H25IO3/c1-3-5-7-9-11-13(16)18-14(17)12(15)10-8-6-4-2/h12H,3-11H2,1-2H3. The fraction of sp³-hybridized carbons (Fsp3) is 0.857. The number of hydrogen-bond acceptors (Lipinski definition) is 3. The van der Waals surface area contributed by atoms with Crippen molar-refractivity contribution in [3.05, 3.63) is 0 Å². The van der Waals surface area contributed by atoms with Crippen LogP contribution in [0.4, 0.5) is 0 Å². The Morgan fingerprint density at radius 1 is 1.00 bits per heavy atom. The normalized spacial score (nSPS) is 12.2. The van der Waals surface area contributed by atoms with Gasteiger partial charge < -0.3 is 4.74 Å². The van der Waals surface area contributed by atoms with Crippen molar-refractivity contribution >= 4 is 34.5 Å². The summed E-state index contributed by atoms with van der Waals surface area (Å²) < 4.78 is 4.65. The summed E-state index contributed by atoms with van der Waals surface area (Å²) in [5, 5.41) is 0. The van der Waals surface area contributed by atoms with Crippen LogP contribution in [-0.2, 0) is 14.3 Å². The van der Waals surface area contributed by atoms with Crippen molar-refractivity contribution in [2.24, 2.45) is 0 Å². The summed E-state index contributed by atoms with van der Waals surface area (Å²) in [6, 6.07) is 0. The molecule has 4 heteroatoms. The second-order valence-electron chi connectivity index (χ2n) is 4.57. The zero-order valence-electron chi connectivity index (χ0n) is 11.5. The van der Waals surface area contributed by atoms with Gasteiger partial charge in [0.15, 0.2) is 0 Å². The highest BCUT2D eigenvalue weighted by atomic mass is 127. The van der Waals surface area contributed by atoms with Gasteiger partial charge in [-0.25, -0.2) is 0 Å². The zero-order chi connectivity index (χ0) is 13.8. The van der Waals surface area contributed by atoms with Gasteiger partial charge in [0.05, 0.1) is 0 Å². The van der Waals surface area contributed by atoms with Gasteiger partial charge in [-0.2, -0.15) is 0 Å². The van der Waals surface area contributed by atoms with Crippen LogP contribution in [0.1, 0.15) is 71.6 Å². The van der Waals surface area contributed by atoms with Gasteiger partial charge >= 0.3 is 11.9 Å². The van der Waals surface area contributed by atoms with Gasteiger partial charge in [-0.3, -0.25) is 9.59 Å². The van der Waals surface area contributed by atoms with Crippen LogP contribution in [-0.4, -0.2) is 15.9 Å². The first-order valence-electron chi connectivity index (χ1n) is 7.00. The third kappa shape index (κ3) is 9.85. The van der Waals surface area contributed by atoms with E-state index in [9.17, 15) is 9.59 Å². The molecular formula is C14H25IO3. The Kier molecular flexibility index (Phi) is 11.8. The van der Waals surface area contributed by atoms with E-state index in [1.54, 1.807) is 0 Å². The Hall–Kier alpha value is -0.130. The number of alkyl halides is 1. The Morgan fingerprint density at radius 2 is 1.61 bits per heavy atom. The van der Waals surface area contributed by atoms with Gasteiger partial charge in [0.1, 0.15) is 3.92 Å². The summed E-state index contributed by atoms with van der Waals surface area (Å²) in [5.41, 5.74) is 0. The molecule has 0 aromatic rings. The molecule has 0 aliphatic rings. The van der Waals surface area contributed by atoms with Crippen LogP contribution in [0.5, 0.6) is 0 Å². The predicted molar refractivity (Wildman–Crippen MR) is 81.8 cm³/mol. The molecule has 0 aliphatic heterocycles. The molecular weight excluding hydrogens is 343 g/mol. The molecule has 0 aliphatic carbocycles. The van der Waals surface area contributed by atoms with E-state index in [0.29, 0.717) is 6.42 Å². The van der Waals surface area contributed by atoms with E-state index >= 15 is 0 Å². The smallest absolute Gasteiger partial charge is 0.326 e. The zero-order valence-corrected chi connectivity index (χ0v) is 13.7. The molecule has 0 saturated carbocycles. The van der Waals surface area contributed by atoms with Gasteiger partial charge in [0, 0.05) is 6.42 Å². The SMILES string of the molecule is CCCCCCC(=O)OC(=O)C(I)CCCCC. The maximum atomic E-state index is 11.6. The van der Waals surface area contributed by atoms with Crippen LogP contribution in [0.25, 0.3) is 0 Å². The minimum absolute atomic E-state index is 0.186. The number of ether oxygens (including phenoxy) is 1. The maximum absolute atomic E-state index is 11.6. The van der Waals surface area contributed by atoms with Crippen molar-refractivity contribution in [3.63, 3.8) is 0 Å². The van der Waals surface area contributed by atoms with E-state index < -0.39 is 0 Å². The lowest BCUT2D eigenvalue weighted by Crippen LogP contribution is -2.21. The van der Waals surface area contributed by atoms with E-state index in [-0.39, 0.29) is 15.9 Å². The highest BCUT2D eigenvalue weighted by Crippen LogP contribution is 2.14. The summed E-state index contributed by atoms with van der Waals surface area (Å²) in [6.07, 6.45) is 8.57. The fourth-order valence-electron chi connectivity index (χ4n) is 1.61. The van der Waals surface area contributed by atoms with Gasteiger partial charge in [-0.15, -0.1) is 0 Å². The van der Waals surface area contributed by atoms with Crippen LogP contribution in [0.3, 0.4) is 0 Å². The molecule has 1 unspecified atom stereocenters. The highest BCUT2D eigenvalue weighted by Gasteiger charge is 2.18. The number of carbonyl (C=O) groups is 2. The number of hydrogen-bond donors (Lipinski definition) is 0. The molecule has 0 N–H and O–H groups in total. The van der Waals surface area contributed by atoms with Gasteiger partial charge in [0.2, 0.25) is 0 Å². The van der Waals surface area contributed by atoms with Crippen LogP contribution >= 0.6 is 22.6 Å². The number of halogens is 1. The minimum Gasteiger partial charge on any atom is -0.392 e. The van der Waals surface area contributed by atoms with E-state index in [4.69, 9.17) is 4.74 Å². The van der Waals surface area contributed by atoms with E-state index in [0.717, 1.165) is 51.4 Å². The average molecular weight is 368 g/mol. The minimum atomic E-state index is -0.368. The topological polar surface area (TPSA) is 43.4 Å². The monoisotopic (exact) mass is 368 g/mol. The fourth-order valence-corrected chi connectivity index (χ4v) is 2.18. The molecule has 0 rings (SSSR count). The summed E-state index contributed by atoms with van der Waals surface area (Å²) in [4.78, 5) is 23.0. The molecule has 0 fully saturated rings. The van der Waals surface area contributed by atoms with Crippen molar-refractivity contribution in [3.8, 4) is 0 Å². The summed E-state index contributed by atoms with van der Waals surface area (Å²) in [7, 11) is 0. The quantitative estimate of drug-likeness (QED) is 0.189. The molecule has 0 radical (unpaired) electrons. The van der Waals surface area contributed by atoms with Crippen LogP contribution < -0.4 is 0 Å². The largest absolute Gasteiger partial charge is 0.392 e. The lowest BCUT2D eigenvalue weighted by Gasteiger charge is -2.08. The molecule has 0 bridgehead atoms. The molecule has 18 heavy (non-hydrogen) atoms. The first-order valence-corrected chi connectivity index (χ1v) is 8.25. The van der Waals surface area contributed by atoms with E-state index in [1.165, 1.54) is 0 Å². The Balaban J connectivity index is 3.68.